The molecule has 1 saturated carbocycles. The highest BCUT2D eigenvalue weighted by Crippen LogP contribution is 2.39. The maximum atomic E-state index is 12.9. The average Bonchev–Trinajstić information content (AvgIpc) is 3.22. The minimum atomic E-state index is -0.446. The van der Waals surface area contributed by atoms with Crippen molar-refractivity contribution in [3.05, 3.63) is 40.9 Å². The molecular formula is C18H16N6O3. The predicted octanol–water partition coefficient (Wildman–Crippen LogP) is 1.16. The topological polar surface area (TPSA) is 113 Å². The molecule has 5 rings (SSSR count). The Kier molecular flexibility index (Phi) is 3.43. The van der Waals surface area contributed by atoms with E-state index in [1.165, 1.54) is 10.6 Å². The van der Waals surface area contributed by atoms with Gasteiger partial charge in [-0.1, -0.05) is 12.8 Å². The summed E-state index contributed by atoms with van der Waals surface area (Å²) >= 11 is 0. The van der Waals surface area contributed by atoms with Gasteiger partial charge >= 0.3 is 0 Å². The fourth-order valence-corrected chi connectivity index (χ4v) is 4.04. The number of amides is 2. The van der Waals surface area contributed by atoms with Gasteiger partial charge in [0, 0.05) is 24.0 Å². The second-order valence-corrected chi connectivity index (χ2v) is 6.91. The fraction of sp³-hybridized carbons (Fsp3) is 0.333. The second-order valence-electron chi connectivity index (χ2n) is 6.91. The molecule has 0 aromatic carbocycles. The summed E-state index contributed by atoms with van der Waals surface area (Å²) in [5.74, 6) is -0.454. The molecule has 3 aromatic heterocycles. The summed E-state index contributed by atoms with van der Waals surface area (Å²) in [5.41, 5.74) is 0.221. The first-order valence-electron chi connectivity index (χ1n) is 8.92. The molecule has 2 amide bonds. The van der Waals surface area contributed by atoms with Gasteiger partial charge in [0.2, 0.25) is 17.6 Å². The van der Waals surface area contributed by atoms with Gasteiger partial charge in [-0.2, -0.15) is 9.50 Å². The molecule has 1 saturated heterocycles. The first-order valence-corrected chi connectivity index (χ1v) is 8.92. The van der Waals surface area contributed by atoms with Crippen LogP contribution in [0.2, 0.25) is 0 Å². The molecule has 4 heterocycles. The zero-order chi connectivity index (χ0) is 18.5. The number of nitrogens with zero attached hydrogens (tertiary/aromatic N) is 5. The molecule has 0 spiro atoms. The molecule has 3 aromatic rings. The summed E-state index contributed by atoms with van der Waals surface area (Å²) in [6.07, 6.45) is 6.52. The Morgan fingerprint density at radius 1 is 1.07 bits per heavy atom. The highest BCUT2D eigenvalue weighted by molar-refractivity contribution is 6.21. The molecule has 2 unspecified atom stereocenters. The van der Waals surface area contributed by atoms with E-state index in [9.17, 15) is 14.4 Å². The third kappa shape index (κ3) is 2.38. The van der Waals surface area contributed by atoms with Crippen LogP contribution in [0, 0.1) is 11.8 Å². The normalized spacial score (nSPS) is 22.4. The van der Waals surface area contributed by atoms with Crippen LogP contribution in [0.15, 0.2) is 35.4 Å². The van der Waals surface area contributed by atoms with Crippen molar-refractivity contribution >= 4 is 23.4 Å². The molecule has 9 heteroatoms. The summed E-state index contributed by atoms with van der Waals surface area (Å²) in [4.78, 5) is 50.0. The van der Waals surface area contributed by atoms with Crippen LogP contribution in [0.5, 0.6) is 0 Å². The van der Waals surface area contributed by atoms with Crippen LogP contribution >= 0.6 is 0 Å². The number of aromatic nitrogens is 5. The van der Waals surface area contributed by atoms with Crippen molar-refractivity contribution in [2.24, 2.45) is 11.8 Å². The second kappa shape index (κ2) is 5.83. The highest BCUT2D eigenvalue weighted by atomic mass is 16.2. The zero-order valence-corrected chi connectivity index (χ0v) is 14.3. The summed E-state index contributed by atoms with van der Waals surface area (Å²) in [5, 5.41) is 4.40. The maximum Gasteiger partial charge on any atom is 0.254 e. The van der Waals surface area contributed by atoms with E-state index in [0.29, 0.717) is 24.2 Å². The molecule has 1 N–H and O–H groups in total. The fourth-order valence-electron chi connectivity index (χ4n) is 4.04. The number of imide groups is 1. The first-order chi connectivity index (χ1) is 13.1. The number of hydrogen-bond acceptors (Lipinski definition) is 6. The smallest absolute Gasteiger partial charge is 0.254 e. The van der Waals surface area contributed by atoms with E-state index in [-0.39, 0.29) is 35.2 Å². The Morgan fingerprint density at radius 3 is 2.48 bits per heavy atom. The molecule has 0 bridgehead atoms. The third-order valence-electron chi connectivity index (χ3n) is 5.31. The summed E-state index contributed by atoms with van der Waals surface area (Å²) in [6.45, 7) is 0. The zero-order valence-electron chi connectivity index (χ0n) is 14.3. The van der Waals surface area contributed by atoms with E-state index < -0.39 is 5.56 Å². The lowest BCUT2D eigenvalue weighted by Crippen LogP contribution is -2.34. The van der Waals surface area contributed by atoms with Crippen LogP contribution in [-0.2, 0) is 9.59 Å². The number of carbonyl (C=O) groups is 2. The Balaban J connectivity index is 1.67. The number of H-pyrrole nitrogens is 1. The number of anilines is 1. The number of carbonyl (C=O) groups excluding carboxylic acids is 2. The lowest BCUT2D eigenvalue weighted by Gasteiger charge is -2.19. The average molecular weight is 364 g/mol. The van der Waals surface area contributed by atoms with Crippen molar-refractivity contribution in [3.63, 3.8) is 0 Å². The van der Waals surface area contributed by atoms with E-state index in [0.717, 1.165) is 17.7 Å². The summed E-state index contributed by atoms with van der Waals surface area (Å²) in [7, 11) is 0. The number of aromatic amines is 1. The molecular weight excluding hydrogens is 348 g/mol. The van der Waals surface area contributed by atoms with Gasteiger partial charge in [-0.25, -0.2) is 4.90 Å². The highest BCUT2D eigenvalue weighted by Gasteiger charge is 2.49. The van der Waals surface area contributed by atoms with Crippen LogP contribution in [-0.4, -0.2) is 36.4 Å². The van der Waals surface area contributed by atoms with E-state index >= 15 is 0 Å². The van der Waals surface area contributed by atoms with Gasteiger partial charge in [0.1, 0.15) is 0 Å². The van der Waals surface area contributed by atoms with Crippen LogP contribution in [0.25, 0.3) is 17.2 Å². The lowest BCUT2D eigenvalue weighted by molar-refractivity contribution is -0.122. The van der Waals surface area contributed by atoms with E-state index in [1.54, 1.807) is 24.5 Å². The standard InChI is InChI=1S/C18H16N6O3/c25-13-8-14(23-16(26)11-5-1-2-6-12(11)17(23)27)24-18(20-13)21-15(22-24)10-4-3-7-19-9-10/h3-4,7-9,11-12H,1-2,5-6H2,(H,20,21,22,25). The monoisotopic (exact) mass is 364 g/mol. The Labute approximate surface area is 153 Å². The van der Waals surface area contributed by atoms with Crippen molar-refractivity contribution in [3.8, 4) is 11.4 Å². The van der Waals surface area contributed by atoms with Gasteiger partial charge < -0.3 is 0 Å². The van der Waals surface area contributed by atoms with Gasteiger partial charge in [-0.15, -0.1) is 5.10 Å². The number of hydrogen-bond donors (Lipinski definition) is 1. The van der Waals surface area contributed by atoms with Gasteiger partial charge in [-0.05, 0) is 25.0 Å². The number of pyridine rings is 1. The Hall–Kier alpha value is -3.36. The summed E-state index contributed by atoms with van der Waals surface area (Å²) in [6, 6.07) is 4.77. The molecule has 136 valence electrons. The van der Waals surface area contributed by atoms with Gasteiger partial charge in [-0.3, -0.25) is 24.4 Å². The van der Waals surface area contributed by atoms with Gasteiger partial charge in [0.15, 0.2) is 11.6 Å². The third-order valence-corrected chi connectivity index (χ3v) is 5.31. The number of rotatable bonds is 2. The van der Waals surface area contributed by atoms with Crippen molar-refractivity contribution in [1.29, 1.82) is 0 Å². The Bertz CT molecular complexity index is 1100. The van der Waals surface area contributed by atoms with Crippen LogP contribution < -0.4 is 10.5 Å². The van der Waals surface area contributed by atoms with Crippen molar-refractivity contribution in [2.45, 2.75) is 25.7 Å². The largest absolute Gasteiger partial charge is 0.291 e. The lowest BCUT2D eigenvalue weighted by atomic mass is 9.81. The van der Waals surface area contributed by atoms with Crippen LogP contribution in [0.3, 0.4) is 0 Å². The van der Waals surface area contributed by atoms with E-state index in [1.807, 2.05) is 0 Å². The molecule has 2 aliphatic rings. The van der Waals surface area contributed by atoms with Gasteiger partial charge in [0.05, 0.1) is 11.8 Å². The SMILES string of the molecule is O=C1C2CCCCC2C(=O)N1c1cc(=O)[nH]c2nc(-c3cccnc3)nn12. The van der Waals surface area contributed by atoms with Crippen LogP contribution in [0.1, 0.15) is 25.7 Å². The molecule has 2 fully saturated rings. The molecule has 2 atom stereocenters. The van der Waals surface area contributed by atoms with Crippen molar-refractivity contribution < 1.29 is 9.59 Å². The first kappa shape index (κ1) is 15.9. The summed E-state index contributed by atoms with van der Waals surface area (Å²) < 4.78 is 1.34. The molecule has 27 heavy (non-hydrogen) atoms. The number of fused-ring (bicyclic) bond motifs is 2. The van der Waals surface area contributed by atoms with Crippen molar-refractivity contribution in [2.75, 3.05) is 4.90 Å². The molecule has 1 aliphatic carbocycles. The number of nitrogens with one attached hydrogen (secondary N) is 1. The molecule has 9 nitrogen and oxygen atoms in total. The molecule has 0 radical (unpaired) electrons. The van der Waals surface area contributed by atoms with Crippen LogP contribution in [0.4, 0.5) is 5.82 Å². The maximum absolute atomic E-state index is 12.9. The molecule has 1 aliphatic heterocycles. The minimum absolute atomic E-state index is 0.140. The van der Waals surface area contributed by atoms with Gasteiger partial charge in [0.25, 0.3) is 5.56 Å². The van der Waals surface area contributed by atoms with E-state index in [4.69, 9.17) is 0 Å². The van der Waals surface area contributed by atoms with Crippen molar-refractivity contribution in [1.82, 2.24) is 24.6 Å². The minimum Gasteiger partial charge on any atom is -0.291 e. The van der Waals surface area contributed by atoms with E-state index in [2.05, 4.69) is 20.1 Å². The quantitative estimate of drug-likeness (QED) is 0.683. The Morgan fingerprint density at radius 2 is 1.81 bits per heavy atom. The predicted molar refractivity (Wildman–Crippen MR) is 94.8 cm³/mol.